The number of carbonyl (C=O) groups is 1. The third kappa shape index (κ3) is 3.25. The van der Waals surface area contributed by atoms with Crippen molar-refractivity contribution < 1.29 is 14.6 Å². The van der Waals surface area contributed by atoms with Gasteiger partial charge in [-0.2, -0.15) is 0 Å². The van der Waals surface area contributed by atoms with Crippen LogP contribution in [0.1, 0.15) is 19.4 Å². The number of hydrogen-bond acceptors (Lipinski definition) is 2. The van der Waals surface area contributed by atoms with Crippen molar-refractivity contribution in [2.75, 3.05) is 0 Å². The smallest absolute Gasteiger partial charge is 0.311 e. The van der Waals surface area contributed by atoms with Gasteiger partial charge in [-0.05, 0) is 17.7 Å². The molecule has 1 aliphatic rings. The highest BCUT2D eigenvalue weighted by Gasteiger charge is 2.34. The molecule has 3 nitrogen and oxygen atoms in total. The minimum absolute atomic E-state index is 0.438. The van der Waals surface area contributed by atoms with Crippen molar-refractivity contribution >= 4 is 5.97 Å². The zero-order valence-corrected chi connectivity index (χ0v) is 11.2. The molecule has 0 saturated carbocycles. The van der Waals surface area contributed by atoms with Crippen LogP contribution >= 0.6 is 0 Å². The molecule has 0 radical (unpaired) electrons. The number of rotatable bonds is 4. The molecule has 0 saturated heterocycles. The van der Waals surface area contributed by atoms with Crippen LogP contribution in [-0.2, 0) is 16.1 Å². The summed E-state index contributed by atoms with van der Waals surface area (Å²) < 4.78 is 5.71. The van der Waals surface area contributed by atoms with Crippen LogP contribution in [0.2, 0.25) is 0 Å². The first-order valence-electron chi connectivity index (χ1n) is 6.29. The Bertz CT molecular complexity index is 512. The van der Waals surface area contributed by atoms with Gasteiger partial charge in [-0.1, -0.05) is 50.3 Å². The fraction of sp³-hybridized carbons (Fsp3) is 0.312. The quantitative estimate of drug-likeness (QED) is 0.900. The van der Waals surface area contributed by atoms with E-state index in [0.717, 1.165) is 11.3 Å². The van der Waals surface area contributed by atoms with E-state index in [0.29, 0.717) is 6.61 Å². The molecule has 0 fully saturated rings. The average molecular weight is 258 g/mol. The first-order chi connectivity index (χ1) is 8.99. The van der Waals surface area contributed by atoms with E-state index in [4.69, 9.17) is 9.84 Å². The number of allylic oxidation sites excluding steroid dienone is 2. The zero-order chi connectivity index (χ0) is 13.9. The standard InChI is InChI=1S/C16H18O3/c1-16(2)10-13(8-9-14(16)15(17)18)19-11-12-6-4-3-5-7-12/h3-10,14H,11H2,1-2H3,(H,17,18). The average Bonchev–Trinajstić information content (AvgIpc) is 2.36. The Morgan fingerprint density at radius 1 is 1.32 bits per heavy atom. The highest BCUT2D eigenvalue weighted by molar-refractivity contribution is 5.74. The fourth-order valence-corrected chi connectivity index (χ4v) is 2.17. The third-order valence-electron chi connectivity index (χ3n) is 3.28. The summed E-state index contributed by atoms with van der Waals surface area (Å²) in [5.41, 5.74) is 0.655. The molecule has 1 atom stereocenters. The Kier molecular flexibility index (Phi) is 3.74. The molecule has 0 aromatic heterocycles. The monoisotopic (exact) mass is 258 g/mol. The molecule has 1 N–H and O–H groups in total. The molecular weight excluding hydrogens is 240 g/mol. The van der Waals surface area contributed by atoms with Crippen LogP contribution in [0.3, 0.4) is 0 Å². The maximum atomic E-state index is 11.1. The summed E-state index contributed by atoms with van der Waals surface area (Å²) in [6.07, 6.45) is 5.32. The zero-order valence-electron chi connectivity index (χ0n) is 11.2. The van der Waals surface area contributed by atoms with Gasteiger partial charge >= 0.3 is 5.97 Å². The lowest BCUT2D eigenvalue weighted by Gasteiger charge is -2.29. The lowest BCUT2D eigenvalue weighted by molar-refractivity contribution is -0.142. The van der Waals surface area contributed by atoms with Gasteiger partial charge in [0.2, 0.25) is 0 Å². The second-order valence-corrected chi connectivity index (χ2v) is 5.32. The number of ether oxygens (including phenoxy) is 1. The Morgan fingerprint density at radius 2 is 2.00 bits per heavy atom. The molecule has 0 aliphatic heterocycles. The first kappa shape index (κ1) is 13.4. The van der Waals surface area contributed by atoms with Crippen LogP contribution in [0.15, 0.2) is 54.3 Å². The molecule has 1 aromatic carbocycles. The summed E-state index contributed by atoms with van der Waals surface area (Å²) in [6, 6.07) is 9.89. The summed E-state index contributed by atoms with van der Waals surface area (Å²) in [4.78, 5) is 11.1. The van der Waals surface area contributed by atoms with Gasteiger partial charge in [-0.25, -0.2) is 0 Å². The number of carboxylic acids is 1. The van der Waals surface area contributed by atoms with Gasteiger partial charge in [0.05, 0.1) is 5.92 Å². The largest absolute Gasteiger partial charge is 0.489 e. The molecule has 1 aromatic rings. The third-order valence-corrected chi connectivity index (χ3v) is 3.28. The summed E-state index contributed by atoms with van der Waals surface area (Å²) in [6.45, 7) is 4.30. The lowest BCUT2D eigenvalue weighted by atomic mass is 9.76. The summed E-state index contributed by atoms with van der Waals surface area (Å²) in [5.74, 6) is -0.581. The van der Waals surface area contributed by atoms with Crippen LogP contribution < -0.4 is 0 Å². The molecule has 0 heterocycles. The summed E-state index contributed by atoms with van der Waals surface area (Å²) in [7, 11) is 0. The van der Waals surface area contributed by atoms with Gasteiger partial charge in [-0.15, -0.1) is 0 Å². The van der Waals surface area contributed by atoms with Crippen molar-refractivity contribution in [1.29, 1.82) is 0 Å². The van der Waals surface area contributed by atoms with Gasteiger partial charge in [0.1, 0.15) is 12.4 Å². The van der Waals surface area contributed by atoms with Crippen LogP contribution in [0.4, 0.5) is 0 Å². The normalized spacial score (nSPS) is 20.7. The van der Waals surface area contributed by atoms with Crippen molar-refractivity contribution in [2.24, 2.45) is 11.3 Å². The predicted molar refractivity (Wildman–Crippen MR) is 73.4 cm³/mol. The Hall–Kier alpha value is -2.03. The van der Waals surface area contributed by atoms with Gasteiger partial charge in [0.25, 0.3) is 0 Å². The van der Waals surface area contributed by atoms with Gasteiger partial charge in [-0.3, -0.25) is 4.79 Å². The topological polar surface area (TPSA) is 46.5 Å². The summed E-state index contributed by atoms with van der Waals surface area (Å²) >= 11 is 0. The van der Waals surface area contributed by atoms with E-state index in [9.17, 15) is 4.79 Å². The van der Waals surface area contributed by atoms with Crippen LogP contribution in [-0.4, -0.2) is 11.1 Å². The first-order valence-corrected chi connectivity index (χ1v) is 6.29. The summed E-state index contributed by atoms with van der Waals surface area (Å²) in [5, 5.41) is 9.15. The number of hydrogen-bond donors (Lipinski definition) is 1. The maximum absolute atomic E-state index is 11.1. The van der Waals surface area contributed by atoms with Crippen molar-refractivity contribution in [2.45, 2.75) is 20.5 Å². The van der Waals surface area contributed by atoms with Gasteiger partial charge in [0, 0.05) is 5.41 Å². The van der Waals surface area contributed by atoms with Crippen molar-refractivity contribution in [3.8, 4) is 0 Å². The highest BCUT2D eigenvalue weighted by Crippen LogP contribution is 2.35. The number of benzene rings is 1. The molecule has 3 heteroatoms. The van der Waals surface area contributed by atoms with Gasteiger partial charge in [0.15, 0.2) is 0 Å². The van der Waals surface area contributed by atoms with Crippen molar-refractivity contribution in [1.82, 2.24) is 0 Å². The Labute approximate surface area is 113 Å². The number of carboxylic acid groups (broad SMARTS) is 1. The fourth-order valence-electron chi connectivity index (χ4n) is 2.17. The van der Waals surface area contributed by atoms with Crippen LogP contribution in [0.5, 0.6) is 0 Å². The molecule has 0 spiro atoms. The molecule has 1 unspecified atom stereocenters. The minimum Gasteiger partial charge on any atom is -0.489 e. The predicted octanol–water partition coefficient (Wildman–Crippen LogP) is 3.38. The van der Waals surface area contributed by atoms with Gasteiger partial charge < -0.3 is 9.84 Å². The maximum Gasteiger partial charge on any atom is 0.311 e. The molecular formula is C16H18O3. The lowest BCUT2D eigenvalue weighted by Crippen LogP contribution is -2.30. The Morgan fingerprint density at radius 3 is 2.58 bits per heavy atom. The second kappa shape index (κ2) is 5.31. The molecule has 0 bridgehead atoms. The SMILES string of the molecule is CC1(C)C=C(OCc2ccccc2)C=CC1C(=O)O. The second-order valence-electron chi connectivity index (χ2n) is 5.32. The van der Waals surface area contributed by atoms with E-state index in [1.54, 1.807) is 12.2 Å². The molecule has 100 valence electrons. The number of aliphatic carboxylic acids is 1. The van der Waals surface area contributed by atoms with E-state index in [1.807, 2.05) is 50.3 Å². The van der Waals surface area contributed by atoms with Crippen molar-refractivity contribution in [3.05, 3.63) is 59.9 Å². The molecule has 2 rings (SSSR count). The van der Waals surface area contributed by atoms with E-state index >= 15 is 0 Å². The van der Waals surface area contributed by atoms with E-state index < -0.39 is 17.3 Å². The molecule has 0 amide bonds. The van der Waals surface area contributed by atoms with E-state index in [1.165, 1.54) is 0 Å². The Balaban J connectivity index is 2.03. The van der Waals surface area contributed by atoms with Crippen molar-refractivity contribution in [3.63, 3.8) is 0 Å². The van der Waals surface area contributed by atoms with Crippen LogP contribution in [0.25, 0.3) is 0 Å². The minimum atomic E-state index is -0.806. The highest BCUT2D eigenvalue weighted by atomic mass is 16.5. The van der Waals surface area contributed by atoms with E-state index in [2.05, 4.69) is 0 Å². The van der Waals surface area contributed by atoms with E-state index in [-0.39, 0.29) is 0 Å². The molecule has 1 aliphatic carbocycles. The molecule has 19 heavy (non-hydrogen) atoms. The van der Waals surface area contributed by atoms with Crippen LogP contribution in [0, 0.1) is 11.3 Å².